The van der Waals surface area contributed by atoms with Gasteiger partial charge in [-0.15, -0.1) is 0 Å². The summed E-state index contributed by atoms with van der Waals surface area (Å²) in [7, 11) is -1.57. The first-order chi connectivity index (χ1) is 9.99. The molecule has 0 aliphatic carbocycles. The third kappa shape index (κ3) is 6.27. The molecule has 1 aromatic carbocycles. The molecule has 0 bridgehead atoms. The number of nitrogens with zero attached hydrogens (tertiary/aromatic N) is 1. The van der Waals surface area contributed by atoms with Gasteiger partial charge in [-0.1, -0.05) is 24.8 Å². The smallest absolute Gasteiger partial charge is 0.240 e. The van der Waals surface area contributed by atoms with Gasteiger partial charge in [0.15, 0.2) is 0 Å². The van der Waals surface area contributed by atoms with E-state index in [9.17, 15) is 8.42 Å². The molecule has 0 spiro atoms. The normalized spacial score (nSPS) is 11.2. The highest BCUT2D eigenvalue weighted by molar-refractivity contribution is 7.89. The van der Waals surface area contributed by atoms with Gasteiger partial charge in [-0.2, -0.15) is 0 Å². The molecule has 2 N–H and O–H groups in total. The molecular formula is C15H22N2O3S. The van der Waals surface area contributed by atoms with Crippen molar-refractivity contribution < 1.29 is 13.5 Å². The standard InChI is InChI=1S/C15H22N2O3S/c1-3-17(2)11-10-16-21(19,20)15-9-6-8-14(13-15)7-4-5-12-18/h6,8-9,13,16,18H,3,5,10-12H2,1-2H3. The fourth-order valence-electron chi connectivity index (χ4n) is 1.57. The Bertz CT molecular complexity index is 603. The van der Waals surface area contributed by atoms with Crippen molar-refractivity contribution in [2.75, 3.05) is 33.3 Å². The monoisotopic (exact) mass is 310 g/mol. The van der Waals surface area contributed by atoms with E-state index in [2.05, 4.69) is 16.6 Å². The van der Waals surface area contributed by atoms with Crippen molar-refractivity contribution in [3.05, 3.63) is 29.8 Å². The zero-order chi connectivity index (χ0) is 15.7. The van der Waals surface area contributed by atoms with Gasteiger partial charge in [-0.05, 0) is 31.8 Å². The third-order valence-electron chi connectivity index (χ3n) is 2.94. The predicted molar refractivity (Wildman–Crippen MR) is 83.4 cm³/mol. The quantitative estimate of drug-likeness (QED) is 0.726. The molecule has 0 atom stereocenters. The number of aliphatic hydroxyl groups excluding tert-OH is 1. The van der Waals surface area contributed by atoms with Gasteiger partial charge in [-0.3, -0.25) is 0 Å². The molecule has 0 saturated carbocycles. The van der Waals surface area contributed by atoms with Crippen LogP contribution in [-0.2, 0) is 10.0 Å². The number of benzene rings is 1. The highest BCUT2D eigenvalue weighted by Gasteiger charge is 2.13. The van der Waals surface area contributed by atoms with Crippen LogP contribution in [0, 0.1) is 11.8 Å². The first-order valence-electron chi connectivity index (χ1n) is 6.87. The average Bonchev–Trinajstić information content (AvgIpc) is 2.47. The Kier molecular flexibility index (Phi) is 7.40. The lowest BCUT2D eigenvalue weighted by molar-refractivity contribution is 0.305. The fraction of sp³-hybridized carbons (Fsp3) is 0.467. The van der Waals surface area contributed by atoms with Crippen molar-refractivity contribution >= 4 is 10.0 Å². The molecule has 21 heavy (non-hydrogen) atoms. The molecule has 1 aromatic rings. The van der Waals surface area contributed by atoms with E-state index >= 15 is 0 Å². The molecule has 0 aromatic heterocycles. The minimum atomic E-state index is -3.51. The molecule has 0 aliphatic heterocycles. The Balaban J connectivity index is 2.75. The molecule has 5 nitrogen and oxygen atoms in total. The van der Waals surface area contributed by atoms with Crippen LogP contribution in [0.2, 0.25) is 0 Å². The summed E-state index contributed by atoms with van der Waals surface area (Å²) in [4.78, 5) is 2.23. The maximum absolute atomic E-state index is 12.2. The lowest BCUT2D eigenvalue weighted by Crippen LogP contribution is -2.32. The molecule has 0 unspecified atom stereocenters. The van der Waals surface area contributed by atoms with Crippen molar-refractivity contribution in [3.8, 4) is 11.8 Å². The topological polar surface area (TPSA) is 69.6 Å². The summed E-state index contributed by atoms with van der Waals surface area (Å²) in [5.74, 6) is 5.60. The molecule has 0 aliphatic rings. The summed E-state index contributed by atoms with van der Waals surface area (Å²) in [6, 6.07) is 6.49. The van der Waals surface area contributed by atoms with E-state index in [1.165, 1.54) is 6.07 Å². The summed E-state index contributed by atoms with van der Waals surface area (Å²) in [5, 5.41) is 8.68. The molecule has 6 heteroatoms. The van der Waals surface area contributed by atoms with E-state index in [1.807, 2.05) is 18.9 Å². The van der Waals surface area contributed by atoms with Crippen LogP contribution in [0.4, 0.5) is 0 Å². The second-order valence-corrected chi connectivity index (χ2v) is 6.36. The Morgan fingerprint density at radius 2 is 2.14 bits per heavy atom. The Hall–Kier alpha value is -1.39. The van der Waals surface area contributed by atoms with E-state index < -0.39 is 10.0 Å². The van der Waals surface area contributed by atoms with Crippen molar-refractivity contribution in [3.63, 3.8) is 0 Å². The molecule has 0 fully saturated rings. The third-order valence-corrected chi connectivity index (χ3v) is 4.40. The molecule has 0 amide bonds. The summed E-state index contributed by atoms with van der Waals surface area (Å²) >= 11 is 0. The van der Waals surface area contributed by atoms with Gasteiger partial charge in [0, 0.05) is 25.1 Å². The van der Waals surface area contributed by atoms with Crippen LogP contribution < -0.4 is 4.72 Å². The van der Waals surface area contributed by atoms with Crippen molar-refractivity contribution in [2.24, 2.45) is 0 Å². The van der Waals surface area contributed by atoms with Crippen LogP contribution >= 0.6 is 0 Å². The number of rotatable bonds is 7. The van der Waals surface area contributed by atoms with Crippen LogP contribution in [0.25, 0.3) is 0 Å². The number of nitrogens with one attached hydrogen (secondary N) is 1. The van der Waals surface area contributed by atoms with Gasteiger partial charge < -0.3 is 10.0 Å². The highest BCUT2D eigenvalue weighted by Crippen LogP contribution is 2.10. The van der Waals surface area contributed by atoms with Crippen molar-refractivity contribution in [1.29, 1.82) is 0 Å². The van der Waals surface area contributed by atoms with Gasteiger partial charge in [0.05, 0.1) is 11.5 Å². The Morgan fingerprint density at radius 3 is 2.81 bits per heavy atom. The van der Waals surface area contributed by atoms with Crippen LogP contribution in [0.3, 0.4) is 0 Å². The summed E-state index contributed by atoms with van der Waals surface area (Å²) in [6.07, 6.45) is 0.374. The van der Waals surface area contributed by atoms with Crippen LogP contribution in [-0.4, -0.2) is 51.7 Å². The maximum atomic E-state index is 12.2. The zero-order valence-electron chi connectivity index (χ0n) is 12.5. The SMILES string of the molecule is CCN(C)CCNS(=O)(=O)c1cccc(C#CCCO)c1. The number of aliphatic hydroxyl groups is 1. The van der Waals surface area contributed by atoms with E-state index in [1.54, 1.807) is 18.2 Å². The lowest BCUT2D eigenvalue weighted by Gasteiger charge is -2.14. The first-order valence-corrected chi connectivity index (χ1v) is 8.36. The number of hydrogen-bond acceptors (Lipinski definition) is 4. The molecule has 0 saturated heterocycles. The van der Waals surface area contributed by atoms with Crippen LogP contribution in [0.5, 0.6) is 0 Å². The second kappa shape index (κ2) is 8.80. The number of sulfonamides is 1. The second-order valence-electron chi connectivity index (χ2n) is 4.60. The van der Waals surface area contributed by atoms with Crippen LogP contribution in [0.1, 0.15) is 18.9 Å². The van der Waals surface area contributed by atoms with Gasteiger partial charge >= 0.3 is 0 Å². The number of hydrogen-bond donors (Lipinski definition) is 2. The summed E-state index contributed by atoms with van der Waals surface area (Å²) < 4.78 is 26.9. The summed E-state index contributed by atoms with van der Waals surface area (Å²) in [5.41, 5.74) is 0.622. The zero-order valence-corrected chi connectivity index (χ0v) is 13.3. The van der Waals surface area contributed by atoms with E-state index in [-0.39, 0.29) is 11.5 Å². The molecule has 0 radical (unpaired) electrons. The van der Waals surface area contributed by atoms with E-state index in [0.29, 0.717) is 25.1 Å². The predicted octanol–water partition coefficient (Wildman–Crippen LogP) is 0.650. The largest absolute Gasteiger partial charge is 0.395 e. The van der Waals surface area contributed by atoms with Crippen molar-refractivity contribution in [1.82, 2.24) is 9.62 Å². The van der Waals surface area contributed by atoms with Crippen molar-refractivity contribution in [2.45, 2.75) is 18.2 Å². The molecule has 116 valence electrons. The van der Waals surface area contributed by atoms with Gasteiger partial charge in [0.25, 0.3) is 0 Å². The first kappa shape index (κ1) is 17.7. The van der Waals surface area contributed by atoms with Gasteiger partial charge in [-0.25, -0.2) is 13.1 Å². The van der Waals surface area contributed by atoms with E-state index in [4.69, 9.17) is 5.11 Å². The minimum Gasteiger partial charge on any atom is -0.395 e. The minimum absolute atomic E-state index is 0.00249. The number of likely N-dealkylation sites (N-methyl/N-ethyl adjacent to an activating group) is 1. The maximum Gasteiger partial charge on any atom is 0.240 e. The highest BCUT2D eigenvalue weighted by atomic mass is 32.2. The average molecular weight is 310 g/mol. The van der Waals surface area contributed by atoms with Crippen LogP contribution in [0.15, 0.2) is 29.2 Å². The lowest BCUT2D eigenvalue weighted by atomic mass is 10.2. The van der Waals surface area contributed by atoms with Gasteiger partial charge in [0.2, 0.25) is 10.0 Å². The Labute approximate surface area is 127 Å². The Morgan fingerprint density at radius 1 is 1.38 bits per heavy atom. The fourth-order valence-corrected chi connectivity index (χ4v) is 2.64. The molecular weight excluding hydrogens is 288 g/mol. The molecule has 0 heterocycles. The van der Waals surface area contributed by atoms with Gasteiger partial charge in [0.1, 0.15) is 0 Å². The van der Waals surface area contributed by atoms with E-state index in [0.717, 1.165) is 6.54 Å². The summed E-state index contributed by atoms with van der Waals surface area (Å²) in [6.45, 7) is 3.91. The molecule has 1 rings (SSSR count).